The third-order valence-corrected chi connectivity index (χ3v) is 2.20. The van der Waals surface area contributed by atoms with Crippen molar-refractivity contribution in [3.63, 3.8) is 0 Å². The maximum absolute atomic E-state index is 10.7. The maximum Gasteiger partial charge on any atom is 0.354 e. The molecule has 2 N–H and O–H groups in total. The predicted molar refractivity (Wildman–Crippen MR) is 52.4 cm³/mol. The van der Waals surface area contributed by atoms with Gasteiger partial charge in [-0.3, -0.25) is 0 Å². The number of nitrogens with one attached hydrogen (secondary N) is 1. The first-order chi connectivity index (χ1) is 6.72. The quantitative estimate of drug-likeness (QED) is 0.759. The third kappa shape index (κ3) is 1.25. The second-order valence-electron chi connectivity index (χ2n) is 3.07. The normalized spacial score (nSPS) is 10.6. The molecule has 0 aliphatic carbocycles. The van der Waals surface area contributed by atoms with Crippen LogP contribution in [0.25, 0.3) is 11.0 Å². The number of aromatic amines is 1. The van der Waals surface area contributed by atoms with Crippen molar-refractivity contribution in [2.45, 2.75) is 13.3 Å². The monoisotopic (exact) mass is 190 g/mol. The Labute approximate surface area is 80.6 Å². The fourth-order valence-electron chi connectivity index (χ4n) is 1.44. The van der Waals surface area contributed by atoms with Crippen molar-refractivity contribution >= 4 is 17.0 Å². The number of pyridine rings is 1. The number of carboxylic acids is 1. The van der Waals surface area contributed by atoms with Crippen LogP contribution in [0.4, 0.5) is 0 Å². The Morgan fingerprint density at radius 1 is 1.57 bits per heavy atom. The van der Waals surface area contributed by atoms with Gasteiger partial charge in [0, 0.05) is 6.20 Å². The molecule has 2 aromatic heterocycles. The Morgan fingerprint density at radius 3 is 3.00 bits per heavy atom. The smallest absolute Gasteiger partial charge is 0.354 e. The van der Waals surface area contributed by atoms with Crippen LogP contribution in [0.1, 0.15) is 23.0 Å². The van der Waals surface area contributed by atoms with Gasteiger partial charge in [0.2, 0.25) is 0 Å². The average molecular weight is 190 g/mol. The molecule has 2 rings (SSSR count). The van der Waals surface area contributed by atoms with Gasteiger partial charge in [0.05, 0.1) is 11.0 Å². The minimum absolute atomic E-state index is 0.0896. The molecule has 4 nitrogen and oxygen atoms in total. The van der Waals surface area contributed by atoms with Gasteiger partial charge in [0.25, 0.3) is 0 Å². The topological polar surface area (TPSA) is 66.0 Å². The summed E-state index contributed by atoms with van der Waals surface area (Å²) < 4.78 is 0. The van der Waals surface area contributed by atoms with Crippen LogP contribution < -0.4 is 0 Å². The molecule has 0 radical (unpaired) electrons. The summed E-state index contributed by atoms with van der Waals surface area (Å²) >= 11 is 0. The zero-order valence-corrected chi connectivity index (χ0v) is 7.74. The maximum atomic E-state index is 10.7. The Bertz CT molecular complexity index is 488. The van der Waals surface area contributed by atoms with E-state index >= 15 is 0 Å². The van der Waals surface area contributed by atoms with E-state index < -0.39 is 5.97 Å². The van der Waals surface area contributed by atoms with E-state index in [0.29, 0.717) is 0 Å². The molecule has 0 saturated carbocycles. The molecule has 72 valence electrons. The lowest BCUT2D eigenvalue weighted by molar-refractivity contribution is 0.0691. The van der Waals surface area contributed by atoms with E-state index in [1.165, 1.54) is 6.07 Å². The molecule has 0 bridgehead atoms. The van der Waals surface area contributed by atoms with Crippen molar-refractivity contribution in [1.29, 1.82) is 0 Å². The van der Waals surface area contributed by atoms with Crippen molar-refractivity contribution in [2.75, 3.05) is 0 Å². The molecule has 4 heteroatoms. The highest BCUT2D eigenvalue weighted by atomic mass is 16.4. The van der Waals surface area contributed by atoms with Gasteiger partial charge in [0.15, 0.2) is 0 Å². The molecule has 0 fully saturated rings. The van der Waals surface area contributed by atoms with Crippen LogP contribution in [0.15, 0.2) is 18.3 Å². The van der Waals surface area contributed by atoms with Gasteiger partial charge in [-0.15, -0.1) is 0 Å². The molecule has 0 aromatic carbocycles. The van der Waals surface area contributed by atoms with Gasteiger partial charge in [0.1, 0.15) is 5.69 Å². The van der Waals surface area contributed by atoms with E-state index in [4.69, 9.17) is 5.11 Å². The van der Waals surface area contributed by atoms with Crippen molar-refractivity contribution in [2.24, 2.45) is 0 Å². The van der Waals surface area contributed by atoms with Crippen LogP contribution >= 0.6 is 0 Å². The fourth-order valence-corrected chi connectivity index (χ4v) is 1.44. The first kappa shape index (κ1) is 8.74. The number of aromatic carboxylic acids is 1. The van der Waals surface area contributed by atoms with Gasteiger partial charge in [-0.1, -0.05) is 6.92 Å². The van der Waals surface area contributed by atoms with Crippen molar-refractivity contribution in [1.82, 2.24) is 9.97 Å². The molecular formula is C10H10N2O2. The lowest BCUT2D eigenvalue weighted by atomic mass is 10.2. The highest BCUT2D eigenvalue weighted by molar-refractivity contribution is 5.89. The lowest BCUT2D eigenvalue weighted by Crippen LogP contribution is -1.99. The summed E-state index contributed by atoms with van der Waals surface area (Å²) in [7, 11) is 0. The number of rotatable bonds is 2. The number of hydrogen-bond donors (Lipinski definition) is 2. The molecule has 0 unspecified atom stereocenters. The van der Waals surface area contributed by atoms with Crippen molar-refractivity contribution in [3.05, 3.63) is 29.6 Å². The number of fused-ring (bicyclic) bond motifs is 1. The summed E-state index contributed by atoms with van der Waals surface area (Å²) in [5.74, 6) is -0.991. The molecule has 0 aliphatic rings. The highest BCUT2D eigenvalue weighted by Gasteiger charge is 2.08. The number of aryl methyl sites for hydroxylation is 1. The molecule has 0 atom stereocenters. The first-order valence-corrected chi connectivity index (χ1v) is 4.42. The molecule has 2 aromatic rings. The fraction of sp³-hybridized carbons (Fsp3) is 0.200. The SMILES string of the molecule is CCc1c[nH]c2ccc(C(=O)O)nc12. The molecule has 0 amide bonds. The largest absolute Gasteiger partial charge is 0.477 e. The van der Waals surface area contributed by atoms with E-state index in [2.05, 4.69) is 9.97 Å². The number of hydrogen-bond acceptors (Lipinski definition) is 2. The molecule has 0 spiro atoms. The second-order valence-corrected chi connectivity index (χ2v) is 3.07. The Balaban J connectivity index is 2.67. The summed E-state index contributed by atoms with van der Waals surface area (Å²) in [6.45, 7) is 2.01. The van der Waals surface area contributed by atoms with Crippen molar-refractivity contribution < 1.29 is 9.90 Å². The molecule has 0 aliphatic heterocycles. The first-order valence-electron chi connectivity index (χ1n) is 4.42. The van der Waals surface area contributed by atoms with E-state index in [1.54, 1.807) is 6.07 Å². The highest BCUT2D eigenvalue weighted by Crippen LogP contribution is 2.16. The summed E-state index contributed by atoms with van der Waals surface area (Å²) in [6, 6.07) is 3.24. The summed E-state index contributed by atoms with van der Waals surface area (Å²) in [5.41, 5.74) is 2.77. The van der Waals surface area contributed by atoms with Crippen LogP contribution in [0, 0.1) is 0 Å². The number of aromatic nitrogens is 2. The number of carbonyl (C=O) groups is 1. The van der Waals surface area contributed by atoms with E-state index in [9.17, 15) is 4.79 Å². The lowest BCUT2D eigenvalue weighted by Gasteiger charge is -1.95. The molecular weight excluding hydrogens is 180 g/mol. The summed E-state index contributed by atoms with van der Waals surface area (Å²) in [5, 5.41) is 8.77. The minimum atomic E-state index is -0.991. The Kier molecular flexibility index (Phi) is 1.96. The van der Waals surface area contributed by atoms with E-state index in [-0.39, 0.29) is 5.69 Å². The van der Waals surface area contributed by atoms with Crippen LogP contribution in [-0.4, -0.2) is 21.0 Å². The standard InChI is InChI=1S/C10H10N2O2/c1-2-6-5-11-7-3-4-8(10(13)14)12-9(6)7/h3-5,11H,2H2,1H3,(H,13,14). The van der Waals surface area contributed by atoms with E-state index in [0.717, 1.165) is 23.0 Å². The van der Waals surface area contributed by atoms with Gasteiger partial charge < -0.3 is 10.1 Å². The van der Waals surface area contributed by atoms with Crippen LogP contribution in [-0.2, 0) is 6.42 Å². The van der Waals surface area contributed by atoms with Crippen molar-refractivity contribution in [3.8, 4) is 0 Å². The minimum Gasteiger partial charge on any atom is -0.477 e. The molecule has 14 heavy (non-hydrogen) atoms. The van der Waals surface area contributed by atoms with Crippen LogP contribution in [0.5, 0.6) is 0 Å². The molecule has 2 heterocycles. The predicted octanol–water partition coefficient (Wildman–Crippen LogP) is 1.82. The van der Waals surface area contributed by atoms with Gasteiger partial charge >= 0.3 is 5.97 Å². The zero-order chi connectivity index (χ0) is 10.1. The Morgan fingerprint density at radius 2 is 2.36 bits per heavy atom. The van der Waals surface area contributed by atoms with Crippen LogP contribution in [0.2, 0.25) is 0 Å². The zero-order valence-electron chi connectivity index (χ0n) is 7.74. The Hall–Kier alpha value is -1.84. The molecule has 0 saturated heterocycles. The van der Waals surface area contributed by atoms with Gasteiger partial charge in [-0.2, -0.15) is 0 Å². The number of carboxylic acid groups (broad SMARTS) is 1. The summed E-state index contributed by atoms with van der Waals surface area (Å²) in [4.78, 5) is 17.8. The third-order valence-electron chi connectivity index (χ3n) is 2.20. The summed E-state index contributed by atoms with van der Waals surface area (Å²) in [6.07, 6.45) is 2.71. The second kappa shape index (κ2) is 3.14. The van der Waals surface area contributed by atoms with E-state index in [1.807, 2.05) is 13.1 Å². The van der Waals surface area contributed by atoms with Gasteiger partial charge in [-0.25, -0.2) is 9.78 Å². The average Bonchev–Trinajstić information content (AvgIpc) is 2.59. The number of H-pyrrole nitrogens is 1. The van der Waals surface area contributed by atoms with Gasteiger partial charge in [-0.05, 0) is 24.1 Å². The number of nitrogens with zero attached hydrogens (tertiary/aromatic N) is 1. The van der Waals surface area contributed by atoms with Crippen LogP contribution in [0.3, 0.4) is 0 Å².